The topological polar surface area (TPSA) is 52.6 Å². The number of hydrogen-bond acceptors (Lipinski definition) is 4. The predicted molar refractivity (Wildman–Crippen MR) is 121 cm³/mol. The molecule has 1 heterocycles. The van der Waals surface area contributed by atoms with Crippen LogP contribution in [0.15, 0.2) is 42.0 Å². The molecule has 0 amide bonds. The molecule has 2 aliphatic rings. The van der Waals surface area contributed by atoms with Crippen molar-refractivity contribution in [1.29, 1.82) is 0 Å². The summed E-state index contributed by atoms with van der Waals surface area (Å²) in [6.07, 6.45) is 5.90. The molecule has 5 heteroatoms. The number of halogens is 1. The predicted octanol–water partition coefficient (Wildman–Crippen LogP) is 5.99. The Morgan fingerprint density at radius 2 is 1.72 bits per heavy atom. The molecule has 0 N–H and O–H groups in total. The maximum Gasteiger partial charge on any atom is 0.308 e. The highest BCUT2D eigenvalue weighted by atomic mass is 19.1. The summed E-state index contributed by atoms with van der Waals surface area (Å²) < 4.78 is 24.9. The molecule has 0 spiro atoms. The molecule has 4 nitrogen and oxygen atoms in total. The summed E-state index contributed by atoms with van der Waals surface area (Å²) in [7, 11) is 0. The first-order chi connectivity index (χ1) is 15.2. The van der Waals surface area contributed by atoms with E-state index in [0.29, 0.717) is 29.9 Å². The van der Waals surface area contributed by atoms with E-state index in [1.165, 1.54) is 19.1 Å². The van der Waals surface area contributed by atoms with Gasteiger partial charge in [0.25, 0.3) is 0 Å². The Morgan fingerprint density at radius 1 is 1.03 bits per heavy atom. The van der Waals surface area contributed by atoms with Crippen LogP contribution in [0.3, 0.4) is 0 Å². The first-order valence-corrected chi connectivity index (χ1v) is 11.3. The third-order valence-electron chi connectivity index (χ3n) is 6.18. The van der Waals surface area contributed by atoms with Gasteiger partial charge in [0.05, 0.1) is 5.56 Å². The summed E-state index contributed by atoms with van der Waals surface area (Å²) in [5, 5.41) is 0. The van der Waals surface area contributed by atoms with Crippen molar-refractivity contribution < 1.29 is 23.5 Å². The Morgan fingerprint density at radius 3 is 2.41 bits per heavy atom. The first-order valence-electron chi connectivity index (χ1n) is 11.3. The molecule has 0 bridgehead atoms. The lowest BCUT2D eigenvalue weighted by Crippen LogP contribution is -2.36. The van der Waals surface area contributed by atoms with E-state index < -0.39 is 5.60 Å². The molecule has 4 rings (SSSR count). The van der Waals surface area contributed by atoms with Gasteiger partial charge in [-0.25, -0.2) is 4.39 Å². The van der Waals surface area contributed by atoms with Crippen molar-refractivity contribution in [2.24, 2.45) is 0 Å². The zero-order valence-corrected chi connectivity index (χ0v) is 18.9. The summed E-state index contributed by atoms with van der Waals surface area (Å²) in [4.78, 5) is 24.3. The van der Waals surface area contributed by atoms with Crippen LogP contribution in [0.4, 0.5) is 4.39 Å². The van der Waals surface area contributed by atoms with Gasteiger partial charge in [0, 0.05) is 18.9 Å². The van der Waals surface area contributed by atoms with Crippen molar-refractivity contribution in [3.8, 4) is 11.5 Å². The highest BCUT2D eigenvalue weighted by Crippen LogP contribution is 2.50. The quantitative estimate of drug-likeness (QED) is 0.304. The maximum atomic E-state index is 13.0. The Hall–Kier alpha value is -2.95. The lowest BCUT2D eigenvalue weighted by molar-refractivity contribution is -0.131. The fourth-order valence-electron chi connectivity index (χ4n) is 4.82. The van der Waals surface area contributed by atoms with E-state index in [9.17, 15) is 14.0 Å². The van der Waals surface area contributed by atoms with Gasteiger partial charge in [0.15, 0.2) is 5.78 Å². The number of ketones is 1. The summed E-state index contributed by atoms with van der Waals surface area (Å²) in [5.74, 6) is 0.673. The van der Waals surface area contributed by atoms with Crippen molar-refractivity contribution in [2.45, 2.75) is 71.3 Å². The van der Waals surface area contributed by atoms with Gasteiger partial charge < -0.3 is 9.47 Å². The Balaban J connectivity index is 1.50. The fraction of sp³-hybridized carbons (Fsp3) is 0.407. The molecule has 1 aliphatic heterocycles. The molecule has 0 radical (unpaired) electrons. The molecule has 1 aliphatic carbocycles. The Labute approximate surface area is 188 Å². The smallest absolute Gasteiger partial charge is 0.308 e. The minimum Gasteiger partial charge on any atom is -0.482 e. The average Bonchev–Trinajstić information content (AvgIpc) is 3.10. The van der Waals surface area contributed by atoms with Crippen LogP contribution in [0.2, 0.25) is 0 Å². The van der Waals surface area contributed by atoms with Crippen LogP contribution in [0.25, 0.3) is 5.57 Å². The number of unbranched alkanes of at least 4 members (excludes halogenated alkanes) is 2. The van der Waals surface area contributed by atoms with E-state index in [1.54, 1.807) is 0 Å². The lowest BCUT2D eigenvalue weighted by Gasteiger charge is -2.34. The van der Waals surface area contributed by atoms with Crippen molar-refractivity contribution in [3.63, 3.8) is 0 Å². The molecule has 0 saturated heterocycles. The second-order valence-corrected chi connectivity index (χ2v) is 9.14. The largest absolute Gasteiger partial charge is 0.482 e. The summed E-state index contributed by atoms with van der Waals surface area (Å²) >= 11 is 0. The molecule has 168 valence electrons. The van der Waals surface area contributed by atoms with Crippen LogP contribution in [-0.2, 0) is 22.4 Å². The molecular weight excluding hydrogens is 407 g/mol. The van der Waals surface area contributed by atoms with E-state index in [-0.39, 0.29) is 17.6 Å². The Kier molecular flexibility index (Phi) is 6.18. The molecule has 0 saturated carbocycles. The van der Waals surface area contributed by atoms with Crippen LogP contribution in [0, 0.1) is 5.82 Å². The summed E-state index contributed by atoms with van der Waals surface area (Å²) in [6, 6.07) is 10.6. The summed E-state index contributed by atoms with van der Waals surface area (Å²) in [6.45, 7) is 5.22. The van der Waals surface area contributed by atoms with Gasteiger partial charge >= 0.3 is 5.97 Å². The van der Waals surface area contributed by atoms with Crippen molar-refractivity contribution >= 4 is 17.3 Å². The number of hydrogen-bond donors (Lipinski definition) is 0. The number of carbonyl (C=O) groups is 2. The van der Waals surface area contributed by atoms with Gasteiger partial charge in [-0.15, -0.1) is 0 Å². The number of esters is 1. The average molecular weight is 437 g/mol. The van der Waals surface area contributed by atoms with Gasteiger partial charge in [-0.2, -0.15) is 0 Å². The zero-order chi connectivity index (χ0) is 22.9. The van der Waals surface area contributed by atoms with Crippen LogP contribution < -0.4 is 9.47 Å². The third-order valence-corrected chi connectivity index (χ3v) is 6.18. The van der Waals surface area contributed by atoms with Gasteiger partial charge in [0.2, 0.25) is 0 Å². The molecule has 0 fully saturated rings. The SMILES string of the molecule is CC(=O)Oc1cc(CCCCCc2ccc(F)cc2)cc2c1C1=C(C(=O)CC1)C(C)(C)O2. The normalized spacial score (nSPS) is 16.4. The van der Waals surface area contributed by atoms with E-state index in [2.05, 4.69) is 0 Å². The van der Waals surface area contributed by atoms with Gasteiger partial charge in [0.1, 0.15) is 22.9 Å². The molecule has 2 aromatic carbocycles. The minimum absolute atomic E-state index is 0.106. The Bertz CT molecular complexity index is 1080. The number of carbonyl (C=O) groups excluding carboxylic acids is 2. The van der Waals surface area contributed by atoms with Crippen LogP contribution >= 0.6 is 0 Å². The molecule has 0 aromatic heterocycles. The molecule has 0 atom stereocenters. The highest BCUT2D eigenvalue weighted by molar-refractivity contribution is 6.10. The van der Waals surface area contributed by atoms with Gasteiger partial charge in [-0.05, 0) is 86.9 Å². The van der Waals surface area contributed by atoms with E-state index >= 15 is 0 Å². The monoisotopic (exact) mass is 436 g/mol. The van der Waals surface area contributed by atoms with E-state index in [4.69, 9.17) is 9.47 Å². The number of aryl methyl sites for hydroxylation is 2. The zero-order valence-electron chi connectivity index (χ0n) is 18.9. The molecule has 0 unspecified atom stereocenters. The van der Waals surface area contributed by atoms with E-state index in [0.717, 1.165) is 54.4 Å². The molecular formula is C27H29FO4. The number of rotatable bonds is 7. The second-order valence-electron chi connectivity index (χ2n) is 9.14. The van der Waals surface area contributed by atoms with Crippen LogP contribution in [0.1, 0.15) is 69.6 Å². The van der Waals surface area contributed by atoms with Crippen molar-refractivity contribution in [2.75, 3.05) is 0 Å². The lowest BCUT2D eigenvalue weighted by atomic mass is 9.86. The number of benzene rings is 2. The standard InChI is InChI=1S/C27H29FO4/c1-17(29)31-23-15-19(8-6-4-5-7-18-9-11-20(28)12-10-18)16-24-25(23)21-13-14-22(30)26(21)27(2,3)32-24/h9-12,15-16H,4-8,13-14H2,1-3H3. The number of ether oxygens (including phenoxy) is 2. The van der Waals surface area contributed by atoms with Gasteiger partial charge in [-0.1, -0.05) is 18.6 Å². The highest BCUT2D eigenvalue weighted by Gasteiger charge is 2.43. The van der Waals surface area contributed by atoms with E-state index in [1.807, 2.05) is 38.1 Å². The van der Waals surface area contributed by atoms with Crippen molar-refractivity contribution in [1.82, 2.24) is 0 Å². The summed E-state index contributed by atoms with van der Waals surface area (Å²) in [5.41, 5.74) is 3.89. The van der Waals surface area contributed by atoms with Crippen LogP contribution in [0.5, 0.6) is 11.5 Å². The molecule has 2 aromatic rings. The maximum absolute atomic E-state index is 13.0. The fourth-order valence-corrected chi connectivity index (χ4v) is 4.82. The van der Waals surface area contributed by atoms with Crippen LogP contribution in [-0.4, -0.2) is 17.4 Å². The first kappa shape index (κ1) is 22.3. The number of Topliss-reactive ketones (excluding diaryl/α,β-unsaturated/α-hetero) is 1. The number of fused-ring (bicyclic) bond motifs is 2. The molecule has 32 heavy (non-hydrogen) atoms. The second kappa shape index (κ2) is 8.89. The van der Waals surface area contributed by atoms with Gasteiger partial charge in [-0.3, -0.25) is 9.59 Å². The van der Waals surface area contributed by atoms with Crippen molar-refractivity contribution in [3.05, 3.63) is 64.5 Å². The minimum atomic E-state index is -0.697. The third kappa shape index (κ3) is 4.62. The number of allylic oxidation sites excluding steroid dienone is 1.